The van der Waals surface area contributed by atoms with Crippen LogP contribution in [0.1, 0.15) is 34.9 Å². The summed E-state index contributed by atoms with van der Waals surface area (Å²) in [6, 6.07) is 2.06. The van der Waals surface area contributed by atoms with Gasteiger partial charge in [0.15, 0.2) is 5.69 Å². The van der Waals surface area contributed by atoms with Crippen molar-refractivity contribution in [1.82, 2.24) is 29.4 Å². The number of amides is 3. The minimum absolute atomic E-state index is 0.0146. The third-order valence-electron chi connectivity index (χ3n) is 5.74. The molecule has 1 aromatic heterocycles. The van der Waals surface area contributed by atoms with Crippen LogP contribution in [0.4, 0.5) is 4.79 Å². The van der Waals surface area contributed by atoms with Gasteiger partial charge in [0.2, 0.25) is 0 Å². The Morgan fingerprint density at radius 2 is 1.42 bits per heavy atom. The van der Waals surface area contributed by atoms with Crippen molar-refractivity contribution in [3.8, 4) is 0 Å². The Hall–Kier alpha value is -2.09. The first-order valence-corrected chi connectivity index (χ1v) is 9.58. The van der Waals surface area contributed by atoms with Crippen LogP contribution in [-0.2, 0) is 7.05 Å². The standard InChI is InChI=1S/C18H28N6O2/c1-20-5-7-23(8-6-20)18(26)24-11-9-22(10-12-24)17(25)15-13-16(14-3-4-14)21(2)19-15/h13-14H,3-12H2,1-2H3. The second-order valence-corrected chi connectivity index (χ2v) is 7.70. The zero-order valence-electron chi connectivity index (χ0n) is 15.7. The average Bonchev–Trinajstić information content (AvgIpc) is 3.43. The highest BCUT2D eigenvalue weighted by molar-refractivity contribution is 5.92. The highest BCUT2D eigenvalue weighted by atomic mass is 16.2. The Morgan fingerprint density at radius 3 is 2.00 bits per heavy atom. The van der Waals surface area contributed by atoms with E-state index in [1.54, 1.807) is 0 Å². The SMILES string of the molecule is CN1CCN(C(=O)N2CCN(C(=O)c3cc(C4CC4)n(C)n3)CC2)CC1. The molecule has 0 spiro atoms. The molecule has 0 aromatic carbocycles. The smallest absolute Gasteiger partial charge is 0.320 e. The minimum Gasteiger partial charge on any atom is -0.334 e. The number of nitrogens with zero attached hydrogens (tertiary/aromatic N) is 6. The molecule has 0 radical (unpaired) electrons. The van der Waals surface area contributed by atoms with E-state index >= 15 is 0 Å². The summed E-state index contributed by atoms with van der Waals surface area (Å²) in [5, 5.41) is 4.41. The molecule has 0 N–H and O–H groups in total. The summed E-state index contributed by atoms with van der Waals surface area (Å²) in [6.07, 6.45) is 2.39. The van der Waals surface area contributed by atoms with Gasteiger partial charge in [0, 0.05) is 71.0 Å². The lowest BCUT2D eigenvalue weighted by Gasteiger charge is -2.39. The van der Waals surface area contributed by atoms with Crippen LogP contribution < -0.4 is 0 Å². The Bertz CT molecular complexity index is 682. The minimum atomic E-state index is -0.0146. The van der Waals surface area contributed by atoms with Crippen LogP contribution in [0.5, 0.6) is 0 Å². The van der Waals surface area contributed by atoms with Gasteiger partial charge in [0.1, 0.15) is 0 Å². The number of hydrogen-bond acceptors (Lipinski definition) is 4. The Labute approximate surface area is 154 Å². The highest BCUT2D eigenvalue weighted by Crippen LogP contribution is 2.40. The average molecular weight is 360 g/mol. The van der Waals surface area contributed by atoms with E-state index in [4.69, 9.17) is 0 Å². The van der Waals surface area contributed by atoms with Crippen LogP contribution in [0.2, 0.25) is 0 Å². The third-order valence-corrected chi connectivity index (χ3v) is 5.74. The van der Waals surface area contributed by atoms with E-state index in [9.17, 15) is 9.59 Å². The maximum Gasteiger partial charge on any atom is 0.320 e. The molecule has 4 rings (SSSR count). The molecule has 2 aliphatic heterocycles. The molecule has 3 heterocycles. The Balaban J connectivity index is 1.32. The van der Waals surface area contributed by atoms with Gasteiger partial charge in [-0.15, -0.1) is 0 Å². The van der Waals surface area contributed by atoms with Crippen molar-refractivity contribution in [3.05, 3.63) is 17.5 Å². The predicted molar refractivity (Wildman–Crippen MR) is 97.1 cm³/mol. The number of urea groups is 1. The van der Waals surface area contributed by atoms with E-state index in [2.05, 4.69) is 17.0 Å². The molecule has 1 aliphatic carbocycles. The lowest BCUT2D eigenvalue weighted by Crippen LogP contribution is -2.57. The van der Waals surface area contributed by atoms with E-state index in [0.717, 1.165) is 31.9 Å². The molecule has 8 nitrogen and oxygen atoms in total. The molecule has 142 valence electrons. The van der Waals surface area contributed by atoms with Crippen LogP contribution in [0, 0.1) is 0 Å². The molecule has 3 amide bonds. The molecule has 1 aromatic rings. The first-order chi connectivity index (χ1) is 12.5. The number of aromatic nitrogens is 2. The lowest BCUT2D eigenvalue weighted by atomic mass is 10.2. The van der Waals surface area contributed by atoms with Gasteiger partial charge in [0.05, 0.1) is 0 Å². The van der Waals surface area contributed by atoms with Crippen LogP contribution in [0.3, 0.4) is 0 Å². The van der Waals surface area contributed by atoms with E-state index in [1.807, 2.05) is 32.5 Å². The molecule has 0 atom stereocenters. The number of aryl methyl sites for hydroxylation is 1. The van der Waals surface area contributed by atoms with Crippen LogP contribution in [0.25, 0.3) is 0 Å². The van der Waals surface area contributed by atoms with Crippen molar-refractivity contribution in [1.29, 1.82) is 0 Å². The van der Waals surface area contributed by atoms with Gasteiger partial charge >= 0.3 is 6.03 Å². The zero-order valence-corrected chi connectivity index (χ0v) is 15.7. The Kier molecular flexibility index (Phi) is 4.60. The van der Waals surface area contributed by atoms with Gasteiger partial charge in [-0.1, -0.05) is 0 Å². The number of piperazine rings is 2. The van der Waals surface area contributed by atoms with Gasteiger partial charge in [-0.25, -0.2) is 4.79 Å². The van der Waals surface area contributed by atoms with Gasteiger partial charge in [0.25, 0.3) is 5.91 Å². The summed E-state index contributed by atoms with van der Waals surface area (Å²) in [5.41, 5.74) is 1.70. The molecule has 0 unspecified atom stereocenters. The summed E-state index contributed by atoms with van der Waals surface area (Å²) < 4.78 is 1.85. The summed E-state index contributed by atoms with van der Waals surface area (Å²) in [5.74, 6) is 0.561. The van der Waals surface area contributed by atoms with Gasteiger partial charge in [-0.3, -0.25) is 9.48 Å². The molecule has 3 aliphatic rings. The molecule has 2 saturated heterocycles. The van der Waals surface area contributed by atoms with Gasteiger partial charge in [-0.05, 0) is 26.0 Å². The summed E-state index contributed by atoms with van der Waals surface area (Å²) in [4.78, 5) is 33.3. The van der Waals surface area contributed by atoms with Crippen molar-refractivity contribution < 1.29 is 9.59 Å². The second-order valence-electron chi connectivity index (χ2n) is 7.70. The summed E-state index contributed by atoms with van der Waals surface area (Å²) >= 11 is 0. The first kappa shape index (κ1) is 17.3. The largest absolute Gasteiger partial charge is 0.334 e. The zero-order chi connectivity index (χ0) is 18.3. The van der Waals surface area contributed by atoms with Gasteiger partial charge in [-0.2, -0.15) is 5.10 Å². The molecular formula is C18H28N6O2. The number of carbonyl (C=O) groups is 2. The Morgan fingerprint density at radius 1 is 0.885 bits per heavy atom. The van der Waals surface area contributed by atoms with Crippen molar-refractivity contribution in [3.63, 3.8) is 0 Å². The second kappa shape index (κ2) is 6.90. The van der Waals surface area contributed by atoms with E-state index in [-0.39, 0.29) is 11.9 Å². The lowest BCUT2D eigenvalue weighted by molar-refractivity contribution is 0.0614. The molecule has 0 bridgehead atoms. The van der Waals surface area contributed by atoms with Gasteiger partial charge < -0.3 is 19.6 Å². The normalized spacial score (nSPS) is 22.0. The molecule has 1 saturated carbocycles. The fourth-order valence-corrected chi connectivity index (χ4v) is 3.81. The number of rotatable bonds is 2. The van der Waals surface area contributed by atoms with E-state index in [1.165, 1.54) is 12.8 Å². The van der Waals surface area contributed by atoms with Crippen molar-refractivity contribution >= 4 is 11.9 Å². The van der Waals surface area contributed by atoms with Crippen molar-refractivity contribution in [2.45, 2.75) is 18.8 Å². The fraction of sp³-hybridized carbons (Fsp3) is 0.722. The molecular weight excluding hydrogens is 332 g/mol. The van der Waals surface area contributed by atoms with E-state index in [0.29, 0.717) is 37.8 Å². The fourth-order valence-electron chi connectivity index (χ4n) is 3.81. The van der Waals surface area contributed by atoms with Crippen molar-refractivity contribution in [2.75, 3.05) is 59.4 Å². The third kappa shape index (κ3) is 3.42. The molecule has 8 heteroatoms. The molecule has 26 heavy (non-hydrogen) atoms. The summed E-state index contributed by atoms with van der Waals surface area (Å²) in [7, 11) is 4.00. The number of hydrogen-bond donors (Lipinski definition) is 0. The monoisotopic (exact) mass is 360 g/mol. The van der Waals surface area contributed by atoms with Crippen LogP contribution in [-0.4, -0.2) is 101 Å². The van der Waals surface area contributed by atoms with E-state index < -0.39 is 0 Å². The van der Waals surface area contributed by atoms with Crippen LogP contribution >= 0.6 is 0 Å². The predicted octanol–water partition coefficient (Wildman–Crippen LogP) is 0.423. The number of likely N-dealkylation sites (N-methyl/N-ethyl adjacent to an activating group) is 1. The maximum absolute atomic E-state index is 12.8. The first-order valence-electron chi connectivity index (χ1n) is 9.58. The number of carbonyl (C=O) groups excluding carboxylic acids is 2. The molecule has 3 fully saturated rings. The highest BCUT2D eigenvalue weighted by Gasteiger charge is 2.32. The maximum atomic E-state index is 12.8. The van der Waals surface area contributed by atoms with Crippen LogP contribution in [0.15, 0.2) is 6.07 Å². The summed E-state index contributed by atoms with van der Waals surface area (Å²) in [6.45, 7) is 5.76. The topological polar surface area (TPSA) is 64.9 Å². The van der Waals surface area contributed by atoms with Crippen molar-refractivity contribution in [2.24, 2.45) is 7.05 Å². The quantitative estimate of drug-likeness (QED) is 0.767.